The molecule has 0 aliphatic carbocycles. The van der Waals surface area contributed by atoms with Gasteiger partial charge in [0.15, 0.2) is 0 Å². The lowest BCUT2D eigenvalue weighted by atomic mass is 10.1. The highest BCUT2D eigenvalue weighted by Gasteiger charge is 2.38. The molecule has 3 rings (SSSR count). The quantitative estimate of drug-likeness (QED) is 0.524. The number of alkyl halides is 3. The van der Waals surface area contributed by atoms with E-state index in [-0.39, 0.29) is 29.1 Å². The minimum Gasteiger partial charge on any atom is -0.481 e. The number of carboxylic acids is 1. The number of aliphatic carboxylic acids is 1. The maximum atomic E-state index is 13.5. The van der Waals surface area contributed by atoms with Gasteiger partial charge in [-0.2, -0.15) is 4.31 Å². The molecular weight excluding hydrogens is 497 g/mol. The van der Waals surface area contributed by atoms with E-state index in [0.717, 1.165) is 24.1 Å². The lowest BCUT2D eigenvalue weighted by molar-refractivity contribution is -0.274. The highest BCUT2D eigenvalue weighted by Crippen LogP contribution is 2.27. The molecule has 0 aromatic heterocycles. The number of hydrogen-bond donors (Lipinski definition) is 1. The predicted octanol–water partition coefficient (Wildman–Crippen LogP) is 4.24. The highest BCUT2D eigenvalue weighted by atomic mass is 32.2. The molecule has 198 valence electrons. The fourth-order valence-electron chi connectivity index (χ4n) is 4.72. The first-order valence-electron chi connectivity index (χ1n) is 11.7. The summed E-state index contributed by atoms with van der Waals surface area (Å²) in [4.78, 5) is 13.4. The Morgan fingerprint density at radius 1 is 1.08 bits per heavy atom. The zero-order valence-electron chi connectivity index (χ0n) is 20.5. The smallest absolute Gasteiger partial charge is 0.481 e. The first-order chi connectivity index (χ1) is 16.8. The molecule has 11 heteroatoms. The molecule has 1 fully saturated rings. The maximum Gasteiger partial charge on any atom is 0.573 e. The van der Waals surface area contributed by atoms with Crippen LogP contribution in [0.4, 0.5) is 13.2 Å². The molecular formula is C25H31F3N2O5S. The molecule has 1 unspecified atom stereocenters. The summed E-state index contributed by atoms with van der Waals surface area (Å²) in [5.74, 6) is -1.27. The van der Waals surface area contributed by atoms with Crippen LogP contribution in [0.25, 0.3) is 0 Å². The van der Waals surface area contributed by atoms with Gasteiger partial charge in [-0.3, -0.25) is 4.79 Å². The van der Waals surface area contributed by atoms with Gasteiger partial charge in [0.05, 0.1) is 11.3 Å². The van der Waals surface area contributed by atoms with Crippen LogP contribution in [0.15, 0.2) is 47.4 Å². The third-order valence-electron chi connectivity index (χ3n) is 6.25. The summed E-state index contributed by atoms with van der Waals surface area (Å²) in [7, 11) is -3.82. The van der Waals surface area contributed by atoms with E-state index in [1.807, 2.05) is 13.8 Å². The Kier molecular flexibility index (Phi) is 8.68. The zero-order chi connectivity index (χ0) is 26.7. The van der Waals surface area contributed by atoms with Gasteiger partial charge in [0.2, 0.25) is 10.0 Å². The van der Waals surface area contributed by atoms with Crippen LogP contribution in [0.5, 0.6) is 5.75 Å². The molecule has 0 radical (unpaired) electrons. The van der Waals surface area contributed by atoms with E-state index < -0.39 is 22.4 Å². The lowest BCUT2D eigenvalue weighted by Gasteiger charge is -2.43. The monoisotopic (exact) mass is 528 g/mol. The number of nitrogens with zero attached hydrogens (tertiary/aromatic N) is 2. The first kappa shape index (κ1) is 27.9. The second-order valence-corrected chi connectivity index (χ2v) is 11.1. The molecule has 7 nitrogen and oxygen atoms in total. The van der Waals surface area contributed by atoms with E-state index in [1.54, 1.807) is 25.1 Å². The van der Waals surface area contributed by atoms with Crippen molar-refractivity contribution in [3.05, 3.63) is 59.2 Å². The number of sulfonamides is 1. The summed E-state index contributed by atoms with van der Waals surface area (Å²) in [6.45, 7) is 7.25. The van der Waals surface area contributed by atoms with E-state index in [1.165, 1.54) is 28.6 Å². The summed E-state index contributed by atoms with van der Waals surface area (Å²) in [6, 6.07) is 9.84. The van der Waals surface area contributed by atoms with E-state index in [2.05, 4.69) is 9.64 Å². The zero-order valence-corrected chi connectivity index (χ0v) is 21.3. The molecule has 0 saturated carbocycles. The summed E-state index contributed by atoms with van der Waals surface area (Å²) < 4.78 is 69.2. The molecule has 1 N–H and O–H groups in total. The Balaban J connectivity index is 1.60. The Labute approximate surface area is 209 Å². The number of ether oxygens (including phenoxy) is 1. The van der Waals surface area contributed by atoms with Crippen LogP contribution >= 0.6 is 0 Å². The molecule has 2 atom stereocenters. The van der Waals surface area contributed by atoms with Crippen LogP contribution in [0.3, 0.4) is 0 Å². The van der Waals surface area contributed by atoms with Crippen molar-refractivity contribution < 1.29 is 36.2 Å². The number of piperazine rings is 1. The number of carboxylic acid groups (broad SMARTS) is 1. The normalized spacial score (nSPS) is 19.8. The van der Waals surface area contributed by atoms with Crippen LogP contribution < -0.4 is 4.74 Å². The summed E-state index contributed by atoms with van der Waals surface area (Å²) in [5.41, 5.74) is 2.09. The van der Waals surface area contributed by atoms with E-state index in [0.29, 0.717) is 25.1 Å². The summed E-state index contributed by atoms with van der Waals surface area (Å²) >= 11 is 0. The fourth-order valence-corrected chi connectivity index (χ4v) is 6.58. The topological polar surface area (TPSA) is 87.2 Å². The van der Waals surface area contributed by atoms with Gasteiger partial charge in [0.1, 0.15) is 5.75 Å². The average Bonchev–Trinajstić information content (AvgIpc) is 2.74. The van der Waals surface area contributed by atoms with Crippen LogP contribution in [0.2, 0.25) is 0 Å². The molecule has 2 aromatic rings. The number of aryl methyl sites for hydroxylation is 2. The molecule has 1 aliphatic rings. The van der Waals surface area contributed by atoms with E-state index >= 15 is 0 Å². The molecule has 1 saturated heterocycles. The van der Waals surface area contributed by atoms with Crippen molar-refractivity contribution in [3.63, 3.8) is 0 Å². The van der Waals surface area contributed by atoms with Crippen molar-refractivity contribution in [2.24, 2.45) is 0 Å². The largest absolute Gasteiger partial charge is 0.573 e. The second-order valence-electron chi connectivity index (χ2n) is 9.25. The molecule has 0 spiro atoms. The molecule has 2 aromatic carbocycles. The Hall–Kier alpha value is -2.63. The van der Waals surface area contributed by atoms with Crippen LogP contribution in [-0.2, 0) is 27.7 Å². The van der Waals surface area contributed by atoms with Gasteiger partial charge >= 0.3 is 12.3 Å². The second kappa shape index (κ2) is 11.2. The lowest BCUT2D eigenvalue weighted by Crippen LogP contribution is -2.58. The van der Waals surface area contributed by atoms with Crippen LogP contribution in [0.1, 0.15) is 37.0 Å². The summed E-state index contributed by atoms with van der Waals surface area (Å²) in [6.07, 6.45) is -3.53. The van der Waals surface area contributed by atoms with Gasteiger partial charge in [-0.15, -0.1) is 13.2 Å². The number of benzene rings is 2. The number of carbonyl (C=O) groups is 1. The minimum atomic E-state index is -4.72. The number of hydrogen-bond acceptors (Lipinski definition) is 5. The fraction of sp³-hybridized carbons (Fsp3) is 0.480. The maximum absolute atomic E-state index is 13.5. The van der Waals surface area contributed by atoms with Gasteiger partial charge < -0.3 is 14.7 Å². The van der Waals surface area contributed by atoms with Crippen molar-refractivity contribution in [1.82, 2.24) is 9.21 Å². The minimum absolute atomic E-state index is 0.0921. The Bertz CT molecular complexity index is 1160. The summed E-state index contributed by atoms with van der Waals surface area (Å²) in [5, 5.41) is 9.13. The van der Waals surface area contributed by atoms with Crippen molar-refractivity contribution in [3.8, 4) is 5.75 Å². The SMILES string of the molecule is Cc1ccc(S(=O)(=O)N2C(C)CN(CCCc3ccc(OC(F)(F)F)cc3)C[C@@H]2C)cc1CC(=O)O. The van der Waals surface area contributed by atoms with Gasteiger partial charge in [-0.05, 0) is 81.1 Å². The molecule has 0 amide bonds. The number of rotatable bonds is 9. The molecule has 36 heavy (non-hydrogen) atoms. The highest BCUT2D eigenvalue weighted by molar-refractivity contribution is 7.89. The van der Waals surface area contributed by atoms with Crippen molar-refractivity contribution in [2.45, 2.75) is 63.4 Å². The predicted molar refractivity (Wildman–Crippen MR) is 128 cm³/mol. The van der Waals surface area contributed by atoms with E-state index in [9.17, 15) is 26.4 Å². The standard InChI is InChI=1S/C25H31F3N2O5S/c1-17-6-11-23(13-21(17)14-24(31)32)36(33,34)30-18(2)15-29(16-19(30)3)12-4-5-20-7-9-22(10-8-20)35-25(26,27)28/h6-11,13,18-19H,4-5,12,14-16H2,1-3H3,(H,31,32)/t18-,19?/m0/s1. The van der Waals surface area contributed by atoms with Crippen LogP contribution in [-0.4, -0.2) is 66.8 Å². The van der Waals surface area contributed by atoms with Gasteiger partial charge in [-0.1, -0.05) is 18.2 Å². The molecule has 0 bridgehead atoms. The Morgan fingerprint density at radius 3 is 2.25 bits per heavy atom. The molecule has 1 aliphatic heterocycles. The molecule has 1 heterocycles. The Morgan fingerprint density at radius 2 is 1.69 bits per heavy atom. The average molecular weight is 529 g/mol. The van der Waals surface area contributed by atoms with Crippen molar-refractivity contribution >= 4 is 16.0 Å². The number of halogens is 3. The third kappa shape index (κ3) is 7.21. The first-order valence-corrected chi connectivity index (χ1v) is 13.1. The van der Waals surface area contributed by atoms with E-state index in [4.69, 9.17) is 5.11 Å². The van der Waals surface area contributed by atoms with Crippen molar-refractivity contribution in [1.29, 1.82) is 0 Å². The third-order valence-corrected chi connectivity index (χ3v) is 8.37. The van der Waals surface area contributed by atoms with Gasteiger partial charge in [0.25, 0.3) is 0 Å². The van der Waals surface area contributed by atoms with Gasteiger partial charge in [0, 0.05) is 25.2 Å². The van der Waals surface area contributed by atoms with Crippen molar-refractivity contribution in [2.75, 3.05) is 19.6 Å². The van der Waals surface area contributed by atoms with Crippen LogP contribution in [0, 0.1) is 6.92 Å². The van der Waals surface area contributed by atoms with Gasteiger partial charge in [-0.25, -0.2) is 8.42 Å².